The Kier molecular flexibility index (Phi) is 14.3. The number of aliphatic hydroxyl groups is 2. The van der Waals surface area contributed by atoms with E-state index in [4.69, 9.17) is 19.7 Å². The zero-order valence-corrected chi connectivity index (χ0v) is 13.9. The Morgan fingerprint density at radius 3 is 2.00 bits per heavy atom. The van der Waals surface area contributed by atoms with Crippen LogP contribution in [-0.2, 0) is 25.7 Å². The van der Waals surface area contributed by atoms with E-state index in [1.807, 2.05) is 30.3 Å². The van der Waals surface area contributed by atoms with E-state index in [1.54, 1.807) is 0 Å². The first-order valence-electron chi connectivity index (χ1n) is 7.81. The highest BCUT2D eigenvalue weighted by atomic mass is 16.5. The zero-order chi connectivity index (χ0) is 18.0. The van der Waals surface area contributed by atoms with Crippen LogP contribution in [0.15, 0.2) is 43.0 Å². The lowest BCUT2D eigenvalue weighted by Gasteiger charge is -2.05. The van der Waals surface area contributed by atoms with Crippen LogP contribution in [0.5, 0.6) is 0 Å². The van der Waals surface area contributed by atoms with E-state index < -0.39 is 0 Å². The van der Waals surface area contributed by atoms with E-state index in [9.17, 15) is 9.59 Å². The van der Waals surface area contributed by atoms with Crippen LogP contribution in [-0.4, -0.2) is 42.0 Å². The molecule has 1 aromatic rings. The summed E-state index contributed by atoms with van der Waals surface area (Å²) >= 11 is 0. The van der Waals surface area contributed by atoms with Crippen LogP contribution in [0.4, 0.5) is 0 Å². The molecule has 1 rings (SSSR count). The minimum atomic E-state index is -0.262. The number of aliphatic hydroxyl groups excluding tert-OH is 2. The predicted molar refractivity (Wildman–Crippen MR) is 90.0 cm³/mol. The summed E-state index contributed by atoms with van der Waals surface area (Å²) in [6.07, 6.45) is 3.41. The zero-order valence-electron chi connectivity index (χ0n) is 13.9. The van der Waals surface area contributed by atoms with Gasteiger partial charge in [0.1, 0.15) is 13.2 Å². The van der Waals surface area contributed by atoms with Crippen molar-refractivity contribution in [2.75, 3.05) is 19.8 Å². The number of carbonyl (C=O) groups is 2. The summed E-state index contributed by atoms with van der Waals surface area (Å²) in [6, 6.07) is 9.53. The summed E-state index contributed by atoms with van der Waals surface area (Å²) in [5, 5.41) is 15.2. The van der Waals surface area contributed by atoms with Gasteiger partial charge in [-0.1, -0.05) is 43.0 Å². The average molecular weight is 338 g/mol. The molecule has 0 aromatic heterocycles. The molecule has 0 fully saturated rings. The average Bonchev–Trinajstić information content (AvgIpc) is 2.63. The molecule has 0 heterocycles. The molecular formula is C18H26O6. The highest BCUT2D eigenvalue weighted by Crippen LogP contribution is 2.05. The molecule has 0 aliphatic rings. The first-order valence-corrected chi connectivity index (χ1v) is 7.81. The van der Waals surface area contributed by atoms with Crippen LogP contribution in [0.3, 0.4) is 0 Å². The molecule has 0 aliphatic carbocycles. The minimum Gasteiger partial charge on any atom is -0.461 e. The fraction of sp³-hybridized carbons (Fsp3) is 0.444. The summed E-state index contributed by atoms with van der Waals surface area (Å²) in [5.74, 6) is -0.504. The van der Waals surface area contributed by atoms with E-state index in [0.29, 0.717) is 32.3 Å². The Morgan fingerprint density at radius 1 is 0.958 bits per heavy atom. The Hall–Kier alpha value is -2.18. The van der Waals surface area contributed by atoms with Gasteiger partial charge in [0.2, 0.25) is 0 Å². The van der Waals surface area contributed by atoms with Crippen molar-refractivity contribution in [1.29, 1.82) is 0 Å². The highest BCUT2D eigenvalue weighted by molar-refractivity contribution is 5.70. The molecule has 0 amide bonds. The molecule has 6 heteroatoms. The van der Waals surface area contributed by atoms with Gasteiger partial charge in [0.25, 0.3) is 0 Å². The summed E-state index contributed by atoms with van der Waals surface area (Å²) in [6.45, 7) is 3.74. The minimum absolute atomic E-state index is 0.125. The van der Waals surface area contributed by atoms with Gasteiger partial charge in [-0.05, 0) is 18.4 Å². The number of hydrogen-bond acceptors (Lipinski definition) is 6. The number of carbonyl (C=O) groups excluding carboxylic acids is 2. The molecule has 0 aliphatic heterocycles. The monoisotopic (exact) mass is 338 g/mol. The molecule has 0 bridgehead atoms. The fourth-order valence-electron chi connectivity index (χ4n) is 1.57. The molecule has 0 spiro atoms. The van der Waals surface area contributed by atoms with Crippen molar-refractivity contribution in [2.45, 2.75) is 32.3 Å². The van der Waals surface area contributed by atoms with Gasteiger partial charge < -0.3 is 19.7 Å². The molecule has 134 valence electrons. The van der Waals surface area contributed by atoms with Crippen molar-refractivity contribution in [2.24, 2.45) is 0 Å². The van der Waals surface area contributed by atoms with Crippen LogP contribution in [0.2, 0.25) is 0 Å². The quantitative estimate of drug-likeness (QED) is 0.385. The lowest BCUT2D eigenvalue weighted by molar-refractivity contribution is -0.146. The molecule has 1 aromatic carbocycles. The lowest BCUT2D eigenvalue weighted by atomic mass is 10.2. The second-order valence-corrected chi connectivity index (χ2v) is 4.77. The maximum atomic E-state index is 11.5. The maximum Gasteiger partial charge on any atom is 0.306 e. The summed E-state index contributed by atoms with van der Waals surface area (Å²) in [5.41, 5.74) is 0.967. The normalized spacial score (nSPS) is 9.42. The molecule has 2 N–H and O–H groups in total. The first kappa shape index (κ1) is 21.8. The van der Waals surface area contributed by atoms with Crippen molar-refractivity contribution in [1.82, 2.24) is 0 Å². The second kappa shape index (κ2) is 15.7. The number of ether oxygens (including phenoxy) is 2. The molecule has 6 nitrogen and oxygen atoms in total. The van der Waals surface area contributed by atoms with Crippen molar-refractivity contribution >= 4 is 11.9 Å². The van der Waals surface area contributed by atoms with Gasteiger partial charge in [-0.3, -0.25) is 9.59 Å². The molecule has 0 saturated heterocycles. The number of unbranched alkanes of at least 4 members (excludes halogenated alkanes) is 1. The van der Waals surface area contributed by atoms with Gasteiger partial charge in [0.05, 0.1) is 13.2 Å². The summed E-state index contributed by atoms with van der Waals surface area (Å²) in [4.78, 5) is 22.7. The van der Waals surface area contributed by atoms with Gasteiger partial charge >= 0.3 is 11.9 Å². The van der Waals surface area contributed by atoms with Crippen LogP contribution < -0.4 is 0 Å². The Labute approximate surface area is 142 Å². The first-order chi connectivity index (χ1) is 11.6. The predicted octanol–water partition coefficient (Wildman–Crippen LogP) is 1.99. The second-order valence-electron chi connectivity index (χ2n) is 4.77. The number of rotatable bonds is 10. The highest BCUT2D eigenvalue weighted by Gasteiger charge is 2.05. The lowest BCUT2D eigenvalue weighted by Crippen LogP contribution is -2.06. The number of esters is 2. The maximum absolute atomic E-state index is 11.5. The number of benzene rings is 1. The van der Waals surface area contributed by atoms with Crippen LogP contribution in [0, 0.1) is 0 Å². The SMILES string of the molecule is C=CCOC(=O)CCCCC(=O)OCc1ccccc1.OCCO. The number of hydrogen-bond donors (Lipinski definition) is 2. The molecular weight excluding hydrogens is 312 g/mol. The Morgan fingerprint density at radius 2 is 1.50 bits per heavy atom. The van der Waals surface area contributed by atoms with Gasteiger partial charge in [-0.15, -0.1) is 0 Å². The molecule has 0 unspecified atom stereocenters. The van der Waals surface area contributed by atoms with Crippen LogP contribution in [0.1, 0.15) is 31.2 Å². The third-order valence-corrected chi connectivity index (χ3v) is 2.72. The third-order valence-electron chi connectivity index (χ3n) is 2.72. The van der Waals surface area contributed by atoms with Crippen molar-refractivity contribution in [3.8, 4) is 0 Å². The topological polar surface area (TPSA) is 93.1 Å². The van der Waals surface area contributed by atoms with E-state index in [0.717, 1.165) is 5.56 Å². The van der Waals surface area contributed by atoms with E-state index >= 15 is 0 Å². The van der Waals surface area contributed by atoms with Gasteiger partial charge in [-0.25, -0.2) is 0 Å². The van der Waals surface area contributed by atoms with Crippen LogP contribution in [0.25, 0.3) is 0 Å². The summed E-state index contributed by atoms with van der Waals surface area (Å²) in [7, 11) is 0. The van der Waals surface area contributed by atoms with Gasteiger partial charge in [-0.2, -0.15) is 0 Å². The molecule has 24 heavy (non-hydrogen) atoms. The van der Waals surface area contributed by atoms with E-state index in [-0.39, 0.29) is 31.8 Å². The Balaban J connectivity index is 0.00000118. The van der Waals surface area contributed by atoms with Gasteiger partial charge in [0, 0.05) is 12.8 Å². The van der Waals surface area contributed by atoms with Crippen molar-refractivity contribution < 1.29 is 29.3 Å². The largest absolute Gasteiger partial charge is 0.461 e. The van der Waals surface area contributed by atoms with Crippen molar-refractivity contribution in [3.63, 3.8) is 0 Å². The third kappa shape index (κ3) is 13.5. The summed E-state index contributed by atoms with van der Waals surface area (Å²) < 4.78 is 9.96. The molecule has 0 radical (unpaired) electrons. The molecule has 0 saturated carbocycles. The Bertz CT molecular complexity index is 456. The fourth-order valence-corrected chi connectivity index (χ4v) is 1.57. The standard InChI is InChI=1S/C16H20O4.C2H6O2/c1-2-12-19-15(17)10-6-7-11-16(18)20-13-14-8-4-3-5-9-14;3-1-2-4/h2-5,8-9H,1,6-7,10-13H2;3-4H,1-2H2. The molecule has 0 atom stereocenters. The van der Waals surface area contributed by atoms with E-state index in [1.165, 1.54) is 6.08 Å². The van der Waals surface area contributed by atoms with E-state index in [2.05, 4.69) is 6.58 Å². The smallest absolute Gasteiger partial charge is 0.306 e. The van der Waals surface area contributed by atoms with Crippen molar-refractivity contribution in [3.05, 3.63) is 48.6 Å². The van der Waals surface area contributed by atoms with Crippen LogP contribution >= 0.6 is 0 Å². The van der Waals surface area contributed by atoms with Gasteiger partial charge in [0.15, 0.2) is 0 Å².